The molecule has 5 unspecified atom stereocenters. The van der Waals surface area contributed by atoms with Crippen LogP contribution in [-0.2, 0) is 14.3 Å². The molecule has 0 aromatic rings. The molecule has 3 aliphatic rings. The van der Waals surface area contributed by atoms with Gasteiger partial charge in [0.2, 0.25) is 5.67 Å². The standard InChI is InChI=1S/C10H11FO3/c1-2-13-7-5-3-6-8(7)14-9(12)10(6,11)4-5/h2,5-8H,1,3-4H2. The molecule has 0 spiro atoms. The lowest BCUT2D eigenvalue weighted by molar-refractivity contribution is -0.150. The zero-order valence-corrected chi connectivity index (χ0v) is 7.61. The molecule has 1 saturated heterocycles. The zero-order valence-electron chi connectivity index (χ0n) is 7.61. The maximum Gasteiger partial charge on any atom is 0.344 e. The maximum absolute atomic E-state index is 14.0. The molecular weight excluding hydrogens is 187 g/mol. The third kappa shape index (κ3) is 0.713. The average molecular weight is 198 g/mol. The van der Waals surface area contributed by atoms with E-state index in [1.54, 1.807) is 0 Å². The molecule has 0 radical (unpaired) electrons. The van der Waals surface area contributed by atoms with Crippen molar-refractivity contribution < 1.29 is 18.7 Å². The molecule has 3 rings (SSSR count). The third-order valence-electron chi connectivity index (χ3n) is 3.72. The smallest absolute Gasteiger partial charge is 0.344 e. The number of alkyl halides is 1. The molecule has 2 bridgehead atoms. The second-order valence-corrected chi connectivity index (χ2v) is 4.31. The summed E-state index contributed by atoms with van der Waals surface area (Å²) in [4.78, 5) is 11.3. The zero-order chi connectivity index (χ0) is 9.92. The Morgan fingerprint density at radius 1 is 1.71 bits per heavy atom. The first kappa shape index (κ1) is 8.26. The van der Waals surface area contributed by atoms with Gasteiger partial charge in [-0.05, 0) is 12.8 Å². The Kier molecular flexibility index (Phi) is 1.36. The third-order valence-corrected chi connectivity index (χ3v) is 3.72. The molecule has 3 nitrogen and oxygen atoms in total. The van der Waals surface area contributed by atoms with Crippen LogP contribution in [0.1, 0.15) is 12.8 Å². The molecule has 3 fully saturated rings. The molecule has 5 atom stereocenters. The van der Waals surface area contributed by atoms with Crippen LogP contribution in [0.5, 0.6) is 0 Å². The summed E-state index contributed by atoms with van der Waals surface area (Å²) in [6.07, 6.45) is 1.74. The van der Waals surface area contributed by atoms with Gasteiger partial charge in [0.1, 0.15) is 12.2 Å². The highest BCUT2D eigenvalue weighted by molar-refractivity contribution is 5.83. The summed E-state index contributed by atoms with van der Waals surface area (Å²) < 4.78 is 24.3. The monoisotopic (exact) mass is 198 g/mol. The molecule has 0 N–H and O–H groups in total. The number of carbonyl (C=O) groups excluding carboxylic acids is 1. The van der Waals surface area contributed by atoms with Crippen molar-refractivity contribution in [3.8, 4) is 0 Å². The second-order valence-electron chi connectivity index (χ2n) is 4.31. The topological polar surface area (TPSA) is 35.5 Å². The van der Waals surface area contributed by atoms with Gasteiger partial charge in [-0.25, -0.2) is 9.18 Å². The highest BCUT2D eigenvalue weighted by atomic mass is 19.1. The van der Waals surface area contributed by atoms with Gasteiger partial charge >= 0.3 is 5.97 Å². The van der Waals surface area contributed by atoms with Crippen molar-refractivity contribution in [3.63, 3.8) is 0 Å². The fraction of sp³-hybridized carbons (Fsp3) is 0.700. The van der Waals surface area contributed by atoms with Crippen molar-refractivity contribution >= 4 is 5.97 Å². The molecule has 76 valence electrons. The minimum Gasteiger partial charge on any atom is -0.494 e. The first-order chi connectivity index (χ1) is 6.66. The number of hydrogen-bond donors (Lipinski definition) is 0. The van der Waals surface area contributed by atoms with E-state index in [1.165, 1.54) is 6.26 Å². The van der Waals surface area contributed by atoms with Gasteiger partial charge in [0.25, 0.3) is 0 Å². The number of halogens is 1. The minimum absolute atomic E-state index is 0.111. The Bertz CT molecular complexity index is 316. The summed E-state index contributed by atoms with van der Waals surface area (Å²) in [5.74, 6) is -0.866. The van der Waals surface area contributed by atoms with Gasteiger partial charge in [-0.2, -0.15) is 0 Å². The molecule has 14 heavy (non-hydrogen) atoms. The number of ether oxygens (including phenoxy) is 2. The predicted molar refractivity (Wildman–Crippen MR) is 45.0 cm³/mol. The fourth-order valence-electron chi connectivity index (χ4n) is 3.18. The first-order valence-electron chi connectivity index (χ1n) is 4.83. The summed E-state index contributed by atoms with van der Waals surface area (Å²) in [5.41, 5.74) is -1.71. The molecular formula is C10H11FO3. The van der Waals surface area contributed by atoms with E-state index in [2.05, 4.69) is 6.58 Å². The van der Waals surface area contributed by atoms with Crippen LogP contribution in [0.15, 0.2) is 12.8 Å². The van der Waals surface area contributed by atoms with Crippen molar-refractivity contribution in [1.29, 1.82) is 0 Å². The van der Waals surface area contributed by atoms with Gasteiger partial charge in [0, 0.05) is 11.8 Å². The Balaban J connectivity index is 1.95. The summed E-state index contributed by atoms with van der Waals surface area (Å²) in [6.45, 7) is 3.47. The van der Waals surface area contributed by atoms with E-state index in [4.69, 9.17) is 9.47 Å². The molecule has 0 aromatic carbocycles. The maximum atomic E-state index is 14.0. The second kappa shape index (κ2) is 2.30. The average Bonchev–Trinajstić information content (AvgIpc) is 2.67. The largest absolute Gasteiger partial charge is 0.494 e. The Morgan fingerprint density at radius 3 is 3.21 bits per heavy atom. The predicted octanol–water partition coefficient (Wildman–Crippen LogP) is 1.19. The molecule has 1 aliphatic heterocycles. The molecule has 2 aliphatic carbocycles. The van der Waals surface area contributed by atoms with Gasteiger partial charge in [-0.3, -0.25) is 0 Å². The van der Waals surface area contributed by atoms with Crippen molar-refractivity contribution in [3.05, 3.63) is 12.8 Å². The van der Waals surface area contributed by atoms with Crippen molar-refractivity contribution in [2.24, 2.45) is 11.8 Å². The van der Waals surface area contributed by atoms with E-state index in [0.29, 0.717) is 6.42 Å². The Hall–Kier alpha value is -1.06. The number of esters is 1. The number of carbonyl (C=O) groups is 1. The van der Waals surface area contributed by atoms with Gasteiger partial charge in [-0.1, -0.05) is 6.58 Å². The van der Waals surface area contributed by atoms with Crippen LogP contribution in [0.3, 0.4) is 0 Å². The highest BCUT2D eigenvalue weighted by Crippen LogP contribution is 2.59. The lowest BCUT2D eigenvalue weighted by Crippen LogP contribution is -2.40. The van der Waals surface area contributed by atoms with Crippen LogP contribution >= 0.6 is 0 Å². The normalized spacial score (nSPS) is 53.4. The van der Waals surface area contributed by atoms with Crippen LogP contribution in [0.4, 0.5) is 4.39 Å². The summed E-state index contributed by atoms with van der Waals surface area (Å²) in [6, 6.07) is 0. The van der Waals surface area contributed by atoms with Crippen LogP contribution in [0, 0.1) is 11.8 Å². The number of hydrogen-bond acceptors (Lipinski definition) is 3. The molecule has 0 aromatic heterocycles. The van der Waals surface area contributed by atoms with Crippen LogP contribution < -0.4 is 0 Å². The first-order valence-corrected chi connectivity index (χ1v) is 4.83. The highest BCUT2D eigenvalue weighted by Gasteiger charge is 2.72. The Labute approximate surface area is 80.9 Å². The van der Waals surface area contributed by atoms with Crippen LogP contribution in [0.2, 0.25) is 0 Å². The van der Waals surface area contributed by atoms with Gasteiger partial charge in [0.05, 0.1) is 6.26 Å². The van der Waals surface area contributed by atoms with Gasteiger partial charge < -0.3 is 9.47 Å². The number of fused-ring (bicyclic) bond motifs is 1. The minimum atomic E-state index is -1.71. The summed E-state index contributed by atoms with van der Waals surface area (Å²) in [7, 11) is 0. The van der Waals surface area contributed by atoms with Crippen LogP contribution in [-0.4, -0.2) is 23.8 Å². The Morgan fingerprint density at radius 2 is 2.50 bits per heavy atom. The van der Waals surface area contributed by atoms with E-state index in [1.807, 2.05) is 0 Å². The van der Waals surface area contributed by atoms with Crippen molar-refractivity contribution in [1.82, 2.24) is 0 Å². The lowest BCUT2D eigenvalue weighted by Gasteiger charge is -2.26. The van der Waals surface area contributed by atoms with Crippen molar-refractivity contribution in [2.75, 3.05) is 0 Å². The van der Waals surface area contributed by atoms with Gasteiger partial charge in [0.15, 0.2) is 0 Å². The summed E-state index contributed by atoms with van der Waals surface area (Å²) >= 11 is 0. The number of rotatable bonds is 2. The molecule has 4 heteroatoms. The van der Waals surface area contributed by atoms with E-state index in [9.17, 15) is 9.18 Å². The lowest BCUT2D eigenvalue weighted by atomic mass is 9.85. The van der Waals surface area contributed by atoms with E-state index >= 15 is 0 Å². The van der Waals surface area contributed by atoms with E-state index in [0.717, 1.165) is 0 Å². The summed E-state index contributed by atoms with van der Waals surface area (Å²) in [5, 5.41) is 0. The fourth-order valence-corrected chi connectivity index (χ4v) is 3.18. The SMILES string of the molecule is C=COC1C2CC3C1OC(=O)C3(F)C2. The van der Waals surface area contributed by atoms with Crippen LogP contribution in [0.25, 0.3) is 0 Å². The molecule has 1 heterocycles. The molecule has 0 amide bonds. The quantitative estimate of drug-likeness (QED) is 0.494. The van der Waals surface area contributed by atoms with E-state index < -0.39 is 11.6 Å². The van der Waals surface area contributed by atoms with E-state index in [-0.39, 0.29) is 30.5 Å². The van der Waals surface area contributed by atoms with Gasteiger partial charge in [-0.15, -0.1) is 0 Å². The molecule has 2 saturated carbocycles. The van der Waals surface area contributed by atoms with Crippen molar-refractivity contribution in [2.45, 2.75) is 30.7 Å².